The van der Waals surface area contributed by atoms with E-state index in [1.54, 1.807) is 36.4 Å². The van der Waals surface area contributed by atoms with Crippen molar-refractivity contribution in [3.05, 3.63) is 89.5 Å². The lowest BCUT2D eigenvalue weighted by molar-refractivity contribution is -0.144. The van der Waals surface area contributed by atoms with Crippen LogP contribution >= 0.6 is 0 Å². The molecule has 0 radical (unpaired) electrons. The highest BCUT2D eigenvalue weighted by atomic mass is 16.5. The molecule has 1 heterocycles. The number of carboxylic acids is 1. The van der Waals surface area contributed by atoms with Gasteiger partial charge in [0.25, 0.3) is 11.8 Å². The van der Waals surface area contributed by atoms with E-state index in [1.165, 1.54) is 32.6 Å². The predicted octanol–water partition coefficient (Wildman–Crippen LogP) is 7.78. The van der Waals surface area contributed by atoms with E-state index in [0.717, 1.165) is 23.3 Å². The van der Waals surface area contributed by atoms with Crippen molar-refractivity contribution in [1.29, 1.82) is 0 Å². The number of hydrogen-bond donors (Lipinski definition) is 2. The van der Waals surface area contributed by atoms with Crippen molar-refractivity contribution in [3.63, 3.8) is 0 Å². The van der Waals surface area contributed by atoms with Crippen molar-refractivity contribution >= 4 is 11.9 Å². The molecule has 1 amide bonds. The molecule has 0 bridgehead atoms. The second kappa shape index (κ2) is 13.7. The van der Waals surface area contributed by atoms with E-state index in [4.69, 9.17) is 9.26 Å². The molecule has 0 saturated heterocycles. The summed E-state index contributed by atoms with van der Waals surface area (Å²) in [5, 5.41) is 16.9. The van der Waals surface area contributed by atoms with Gasteiger partial charge in [-0.3, -0.25) is 4.79 Å². The smallest absolute Gasteiger partial charge is 0.333 e. The molecule has 4 rings (SSSR count). The first-order chi connectivity index (χ1) is 20.5. The number of nitrogens with zero attached hydrogens (tertiary/aromatic N) is 2. The molecule has 0 saturated carbocycles. The predicted molar refractivity (Wildman–Crippen MR) is 167 cm³/mol. The fourth-order valence-electron chi connectivity index (χ4n) is 4.67. The van der Waals surface area contributed by atoms with Crippen LogP contribution in [-0.4, -0.2) is 33.7 Å². The summed E-state index contributed by atoms with van der Waals surface area (Å²) in [6.45, 7) is 10.6. The zero-order valence-electron chi connectivity index (χ0n) is 25.6. The normalized spacial score (nSPS) is 12.9. The van der Waals surface area contributed by atoms with Crippen LogP contribution in [0.1, 0.15) is 88.2 Å². The number of carboxylic acid groups (broad SMARTS) is 1. The number of aliphatic carboxylic acids is 1. The number of unbranched alkanes of at least 4 members (excludes halogenated alkanes) is 4. The molecule has 0 fully saturated rings. The number of amides is 1. The van der Waals surface area contributed by atoms with E-state index in [0.29, 0.717) is 35.0 Å². The fraction of sp³-hybridized carbons (Fsp3) is 0.371. The average Bonchev–Trinajstić information content (AvgIpc) is 3.49. The van der Waals surface area contributed by atoms with E-state index >= 15 is 0 Å². The number of hydrogen-bond acceptors (Lipinski definition) is 6. The first-order valence-electron chi connectivity index (χ1n) is 14.9. The van der Waals surface area contributed by atoms with Crippen molar-refractivity contribution in [2.45, 2.75) is 77.7 Å². The van der Waals surface area contributed by atoms with E-state index in [9.17, 15) is 14.7 Å². The van der Waals surface area contributed by atoms with E-state index in [1.807, 2.05) is 36.4 Å². The zero-order chi connectivity index (χ0) is 31.0. The summed E-state index contributed by atoms with van der Waals surface area (Å²) in [7, 11) is 0. The summed E-state index contributed by atoms with van der Waals surface area (Å²) >= 11 is 0. The van der Waals surface area contributed by atoms with Crippen LogP contribution in [0.25, 0.3) is 22.8 Å². The first-order valence-corrected chi connectivity index (χ1v) is 14.9. The summed E-state index contributed by atoms with van der Waals surface area (Å²) < 4.78 is 11.3. The fourth-order valence-corrected chi connectivity index (χ4v) is 4.67. The third-order valence-corrected chi connectivity index (χ3v) is 7.57. The summed E-state index contributed by atoms with van der Waals surface area (Å²) in [6, 6.07) is 21.5. The number of carbonyl (C=O) groups is 2. The highest BCUT2D eigenvalue weighted by molar-refractivity contribution is 5.98. The molecule has 3 aromatic carbocycles. The Morgan fingerprint density at radius 1 is 0.814 bits per heavy atom. The Morgan fingerprint density at radius 2 is 1.42 bits per heavy atom. The summed E-state index contributed by atoms with van der Waals surface area (Å²) in [6.07, 6.45) is 5.94. The molecule has 43 heavy (non-hydrogen) atoms. The van der Waals surface area contributed by atoms with Crippen molar-refractivity contribution in [2.75, 3.05) is 6.61 Å². The molecule has 2 N–H and O–H groups in total. The minimum Gasteiger partial charge on any atom is -0.494 e. The molecule has 0 aliphatic rings. The van der Waals surface area contributed by atoms with Crippen molar-refractivity contribution in [3.8, 4) is 28.6 Å². The van der Waals surface area contributed by atoms with Crippen LogP contribution in [0, 0.1) is 0 Å². The van der Waals surface area contributed by atoms with Gasteiger partial charge >= 0.3 is 5.97 Å². The molecule has 226 valence electrons. The number of benzene rings is 3. The van der Waals surface area contributed by atoms with Gasteiger partial charge in [0, 0.05) is 16.7 Å². The average molecular weight is 584 g/mol. The van der Waals surface area contributed by atoms with Crippen molar-refractivity contribution in [2.24, 2.45) is 0 Å². The van der Waals surface area contributed by atoms with Gasteiger partial charge in [-0.25, -0.2) is 4.79 Å². The van der Waals surface area contributed by atoms with Gasteiger partial charge in [0.2, 0.25) is 5.82 Å². The quantitative estimate of drug-likeness (QED) is 0.154. The number of carbonyl (C=O) groups excluding carboxylic acids is 1. The van der Waals surface area contributed by atoms with Crippen LogP contribution in [0.4, 0.5) is 0 Å². The minimum absolute atomic E-state index is 0.0572. The van der Waals surface area contributed by atoms with Gasteiger partial charge < -0.3 is 19.7 Å². The topological polar surface area (TPSA) is 115 Å². The Balaban J connectivity index is 1.41. The largest absolute Gasteiger partial charge is 0.494 e. The Bertz CT molecular complexity index is 1500. The Kier molecular flexibility index (Phi) is 10.0. The van der Waals surface area contributed by atoms with Crippen LogP contribution in [0.3, 0.4) is 0 Å². The van der Waals surface area contributed by atoms with Gasteiger partial charge in [0.1, 0.15) is 5.75 Å². The van der Waals surface area contributed by atoms with E-state index < -0.39 is 17.4 Å². The highest BCUT2D eigenvalue weighted by Crippen LogP contribution is 2.28. The SMILES string of the molecule is CCCCCCCOc1ccc(-c2nc(-c3ccc([C@](C)(NC(=O)c4ccc(C(C)(C)C)cc4)C(=O)O)cc3)no2)cc1. The molecule has 4 aromatic rings. The molecule has 0 unspecified atom stereocenters. The maximum Gasteiger partial charge on any atom is 0.333 e. The monoisotopic (exact) mass is 583 g/mol. The molecule has 0 aliphatic heterocycles. The first kappa shape index (κ1) is 31.5. The maximum atomic E-state index is 13.0. The van der Waals surface area contributed by atoms with Gasteiger partial charge in [-0.1, -0.05) is 94.9 Å². The van der Waals surface area contributed by atoms with Crippen LogP contribution < -0.4 is 10.1 Å². The number of ether oxygens (including phenoxy) is 1. The Labute approximate surface area is 253 Å². The summed E-state index contributed by atoms with van der Waals surface area (Å²) in [5.41, 5.74) is 1.59. The van der Waals surface area contributed by atoms with E-state index in [2.05, 4.69) is 43.2 Å². The van der Waals surface area contributed by atoms with Gasteiger partial charge in [0.05, 0.1) is 6.61 Å². The van der Waals surface area contributed by atoms with Crippen molar-refractivity contribution in [1.82, 2.24) is 15.5 Å². The molecule has 1 aromatic heterocycles. The third-order valence-electron chi connectivity index (χ3n) is 7.57. The summed E-state index contributed by atoms with van der Waals surface area (Å²) in [5.74, 6) is -0.115. The Morgan fingerprint density at radius 3 is 2.02 bits per heavy atom. The lowest BCUT2D eigenvalue weighted by Crippen LogP contribution is -2.49. The van der Waals surface area contributed by atoms with Crippen LogP contribution in [0.5, 0.6) is 5.75 Å². The van der Waals surface area contributed by atoms with Crippen LogP contribution in [0.15, 0.2) is 77.3 Å². The van der Waals surface area contributed by atoms with Gasteiger partial charge in [-0.05, 0) is 66.3 Å². The molecular weight excluding hydrogens is 542 g/mol. The summed E-state index contributed by atoms with van der Waals surface area (Å²) in [4.78, 5) is 29.9. The zero-order valence-corrected chi connectivity index (χ0v) is 25.6. The molecule has 8 heteroatoms. The van der Waals surface area contributed by atoms with Crippen LogP contribution in [-0.2, 0) is 15.7 Å². The third kappa shape index (κ3) is 7.89. The van der Waals surface area contributed by atoms with Gasteiger partial charge in [-0.2, -0.15) is 4.98 Å². The molecule has 0 spiro atoms. The van der Waals surface area contributed by atoms with E-state index in [-0.39, 0.29) is 5.41 Å². The second-order valence-electron chi connectivity index (χ2n) is 12.0. The Hall–Kier alpha value is -4.46. The standard InChI is InChI=1S/C35H41N3O5/c1-6-7-8-9-10-23-42-29-21-15-26(16-22-29)32-36-30(38-43-32)24-11-19-28(20-12-24)35(5,33(40)41)37-31(39)25-13-17-27(18-14-25)34(2,3)4/h11-22H,6-10,23H2,1-5H3,(H,37,39)(H,40,41)/t35-/m0/s1. The second-order valence-corrected chi connectivity index (χ2v) is 12.0. The molecule has 1 atom stereocenters. The maximum absolute atomic E-state index is 13.0. The number of nitrogens with one attached hydrogen (secondary N) is 1. The van der Waals surface area contributed by atoms with Crippen LogP contribution in [0.2, 0.25) is 0 Å². The minimum atomic E-state index is -1.65. The molecule has 8 nitrogen and oxygen atoms in total. The van der Waals surface area contributed by atoms with Gasteiger partial charge in [0.15, 0.2) is 5.54 Å². The highest BCUT2D eigenvalue weighted by Gasteiger charge is 2.37. The molecular formula is C35H41N3O5. The van der Waals surface area contributed by atoms with Gasteiger partial charge in [-0.15, -0.1) is 0 Å². The van der Waals surface area contributed by atoms with Crippen molar-refractivity contribution < 1.29 is 24.0 Å². The lowest BCUT2D eigenvalue weighted by Gasteiger charge is -2.27. The molecule has 0 aliphatic carbocycles. The lowest BCUT2D eigenvalue weighted by atomic mass is 9.86. The number of rotatable bonds is 13. The number of aromatic nitrogens is 2.